The van der Waals surface area contributed by atoms with E-state index in [1.807, 2.05) is 19.9 Å². The fraction of sp³-hybridized carbons (Fsp3) is 0.261. The summed E-state index contributed by atoms with van der Waals surface area (Å²) in [4.78, 5) is 25.3. The van der Waals surface area contributed by atoms with Crippen LogP contribution >= 0.6 is 11.6 Å². The third-order valence-corrected chi connectivity index (χ3v) is 5.61. The standard InChI is InChI=1S/C23H22ClN3O4/c1-12-7-8-15(24)11-18(12)25-23(29)21-13(2)20-17(5-4-6-19(20)31-21)26-27-22(28)16-9-10-30-14(16)3/h7-11H,4-6H2,1-3H3,(H,25,29)(H,27,28)/b26-17+. The number of rotatable bonds is 4. The van der Waals surface area contributed by atoms with Gasteiger partial charge in [0.05, 0.1) is 17.5 Å². The number of halogens is 1. The van der Waals surface area contributed by atoms with Crippen molar-refractivity contribution in [1.82, 2.24) is 5.43 Å². The van der Waals surface area contributed by atoms with Crippen molar-refractivity contribution in [2.24, 2.45) is 5.10 Å². The minimum absolute atomic E-state index is 0.232. The van der Waals surface area contributed by atoms with Gasteiger partial charge in [0.25, 0.3) is 11.8 Å². The van der Waals surface area contributed by atoms with Gasteiger partial charge in [-0.05, 0) is 57.4 Å². The van der Waals surface area contributed by atoms with Crippen LogP contribution in [-0.4, -0.2) is 17.5 Å². The third-order valence-electron chi connectivity index (χ3n) is 5.38. The van der Waals surface area contributed by atoms with Gasteiger partial charge in [0.15, 0.2) is 5.76 Å². The largest absolute Gasteiger partial charge is 0.469 e. The van der Waals surface area contributed by atoms with Crippen LogP contribution in [0.5, 0.6) is 0 Å². The summed E-state index contributed by atoms with van der Waals surface area (Å²) in [6, 6.07) is 6.91. The molecule has 0 bridgehead atoms. The minimum atomic E-state index is -0.352. The van der Waals surface area contributed by atoms with Crippen LogP contribution in [0.3, 0.4) is 0 Å². The van der Waals surface area contributed by atoms with E-state index < -0.39 is 0 Å². The van der Waals surface area contributed by atoms with Gasteiger partial charge in [-0.2, -0.15) is 5.10 Å². The quantitative estimate of drug-likeness (QED) is 0.548. The number of carbonyl (C=O) groups is 2. The Hall–Kier alpha value is -3.32. The number of carbonyl (C=O) groups excluding carboxylic acids is 2. The first-order valence-electron chi connectivity index (χ1n) is 9.96. The molecular formula is C23H22ClN3O4. The van der Waals surface area contributed by atoms with E-state index >= 15 is 0 Å². The van der Waals surface area contributed by atoms with Crippen LogP contribution in [0.15, 0.2) is 44.5 Å². The van der Waals surface area contributed by atoms with Crippen LogP contribution in [0.1, 0.15) is 62.0 Å². The lowest BCUT2D eigenvalue weighted by Crippen LogP contribution is -2.22. The second-order valence-corrected chi connectivity index (χ2v) is 7.95. The lowest BCUT2D eigenvalue weighted by molar-refractivity contribution is 0.0952. The SMILES string of the molecule is Cc1ccc(Cl)cc1NC(=O)c1oc2c(c1C)/C(=N/NC(=O)c1ccoc1C)CCC2. The number of furan rings is 2. The molecule has 0 fully saturated rings. The van der Waals surface area contributed by atoms with Crippen LogP contribution in [0, 0.1) is 20.8 Å². The Morgan fingerprint density at radius 2 is 1.90 bits per heavy atom. The molecule has 8 heteroatoms. The Labute approximate surface area is 184 Å². The highest BCUT2D eigenvalue weighted by molar-refractivity contribution is 6.31. The fourth-order valence-electron chi connectivity index (χ4n) is 3.70. The maximum absolute atomic E-state index is 12.9. The molecule has 160 valence electrons. The van der Waals surface area contributed by atoms with Crippen LogP contribution < -0.4 is 10.7 Å². The van der Waals surface area contributed by atoms with Crippen molar-refractivity contribution < 1.29 is 18.4 Å². The Morgan fingerprint density at radius 3 is 2.65 bits per heavy atom. The molecule has 7 nitrogen and oxygen atoms in total. The van der Waals surface area contributed by atoms with Gasteiger partial charge in [0.2, 0.25) is 0 Å². The first kappa shape index (κ1) is 20.9. The average Bonchev–Trinajstić information content (AvgIpc) is 3.32. The molecule has 0 aliphatic heterocycles. The monoisotopic (exact) mass is 439 g/mol. The van der Waals surface area contributed by atoms with E-state index in [4.69, 9.17) is 20.4 Å². The lowest BCUT2D eigenvalue weighted by Gasteiger charge is -2.13. The molecule has 4 rings (SSSR count). The van der Waals surface area contributed by atoms with E-state index in [9.17, 15) is 9.59 Å². The molecule has 0 spiro atoms. The van der Waals surface area contributed by atoms with Crippen molar-refractivity contribution in [1.29, 1.82) is 0 Å². The second kappa shape index (κ2) is 8.43. The Balaban J connectivity index is 1.59. The third kappa shape index (κ3) is 4.14. The molecule has 0 radical (unpaired) electrons. The van der Waals surface area contributed by atoms with Crippen molar-refractivity contribution in [2.75, 3.05) is 5.32 Å². The maximum atomic E-state index is 12.9. The molecule has 1 aliphatic carbocycles. The second-order valence-electron chi connectivity index (χ2n) is 7.51. The molecule has 0 unspecified atom stereocenters. The highest BCUT2D eigenvalue weighted by atomic mass is 35.5. The number of hydrogen-bond donors (Lipinski definition) is 2. The van der Waals surface area contributed by atoms with Gasteiger partial charge in [-0.1, -0.05) is 17.7 Å². The fourth-order valence-corrected chi connectivity index (χ4v) is 3.88. The summed E-state index contributed by atoms with van der Waals surface area (Å²) in [5.41, 5.74) is 6.71. The number of nitrogens with one attached hydrogen (secondary N) is 2. The van der Waals surface area contributed by atoms with E-state index in [1.165, 1.54) is 6.26 Å². The maximum Gasteiger partial charge on any atom is 0.291 e. The number of nitrogens with zero attached hydrogens (tertiary/aromatic N) is 1. The van der Waals surface area contributed by atoms with Gasteiger partial charge in [0.1, 0.15) is 11.5 Å². The van der Waals surface area contributed by atoms with E-state index in [1.54, 1.807) is 25.1 Å². The molecule has 0 atom stereocenters. The van der Waals surface area contributed by atoms with Crippen LogP contribution in [0.2, 0.25) is 5.02 Å². The first-order chi connectivity index (χ1) is 14.8. The van der Waals surface area contributed by atoms with Crippen molar-refractivity contribution in [3.8, 4) is 0 Å². The molecule has 2 heterocycles. The Bertz CT molecular complexity index is 1210. The summed E-state index contributed by atoms with van der Waals surface area (Å²) in [6.07, 6.45) is 3.65. The molecule has 1 aromatic carbocycles. The van der Waals surface area contributed by atoms with Crippen molar-refractivity contribution in [3.05, 3.63) is 75.1 Å². The molecule has 2 aromatic heterocycles. The average molecular weight is 440 g/mol. The number of amides is 2. The minimum Gasteiger partial charge on any atom is -0.469 e. The number of aryl methyl sites for hydroxylation is 3. The summed E-state index contributed by atoms with van der Waals surface area (Å²) in [5.74, 6) is 0.757. The molecule has 1 aliphatic rings. The highest BCUT2D eigenvalue weighted by Crippen LogP contribution is 2.31. The van der Waals surface area contributed by atoms with Crippen molar-refractivity contribution >= 4 is 34.8 Å². The van der Waals surface area contributed by atoms with Gasteiger partial charge in [-0.25, -0.2) is 5.43 Å². The summed E-state index contributed by atoms with van der Waals surface area (Å²) in [6.45, 7) is 5.43. The molecule has 0 saturated carbocycles. The Morgan fingerprint density at radius 1 is 1.10 bits per heavy atom. The smallest absolute Gasteiger partial charge is 0.291 e. The van der Waals surface area contributed by atoms with Gasteiger partial charge < -0.3 is 14.2 Å². The first-order valence-corrected chi connectivity index (χ1v) is 10.3. The van der Waals surface area contributed by atoms with E-state index in [-0.39, 0.29) is 17.6 Å². The number of anilines is 1. The molecule has 2 N–H and O–H groups in total. The zero-order valence-electron chi connectivity index (χ0n) is 17.5. The topological polar surface area (TPSA) is 96.8 Å². The van der Waals surface area contributed by atoms with E-state index in [2.05, 4.69) is 15.8 Å². The van der Waals surface area contributed by atoms with Gasteiger partial charge in [-0.3, -0.25) is 9.59 Å². The molecule has 0 saturated heterocycles. The van der Waals surface area contributed by atoms with Gasteiger partial charge in [0, 0.05) is 28.3 Å². The van der Waals surface area contributed by atoms with Crippen LogP contribution in [0.4, 0.5) is 5.69 Å². The summed E-state index contributed by atoms with van der Waals surface area (Å²) >= 11 is 6.06. The Kier molecular flexibility index (Phi) is 5.69. The molecule has 31 heavy (non-hydrogen) atoms. The number of hydrogen-bond acceptors (Lipinski definition) is 5. The summed E-state index contributed by atoms with van der Waals surface area (Å²) in [7, 11) is 0. The highest BCUT2D eigenvalue weighted by Gasteiger charge is 2.28. The van der Waals surface area contributed by atoms with Crippen LogP contribution in [-0.2, 0) is 6.42 Å². The zero-order chi connectivity index (χ0) is 22.1. The summed E-state index contributed by atoms with van der Waals surface area (Å²) in [5, 5.41) is 7.74. The van der Waals surface area contributed by atoms with Gasteiger partial charge >= 0.3 is 0 Å². The van der Waals surface area contributed by atoms with Crippen molar-refractivity contribution in [3.63, 3.8) is 0 Å². The lowest BCUT2D eigenvalue weighted by atomic mass is 9.93. The molecule has 2 amide bonds. The zero-order valence-corrected chi connectivity index (χ0v) is 18.2. The van der Waals surface area contributed by atoms with E-state index in [0.29, 0.717) is 51.9 Å². The molecule has 3 aromatic rings. The molecular weight excluding hydrogens is 418 g/mol. The van der Waals surface area contributed by atoms with E-state index in [0.717, 1.165) is 17.5 Å². The number of benzene rings is 1. The predicted molar refractivity (Wildman–Crippen MR) is 118 cm³/mol. The van der Waals surface area contributed by atoms with Crippen molar-refractivity contribution in [2.45, 2.75) is 40.0 Å². The normalized spacial score (nSPS) is 14.4. The van der Waals surface area contributed by atoms with Crippen LogP contribution in [0.25, 0.3) is 0 Å². The summed E-state index contributed by atoms with van der Waals surface area (Å²) < 4.78 is 11.1. The number of hydrazone groups is 1. The number of fused-ring (bicyclic) bond motifs is 1. The predicted octanol–water partition coefficient (Wildman–Crippen LogP) is 5.17. The van der Waals surface area contributed by atoms with Gasteiger partial charge in [-0.15, -0.1) is 0 Å².